The number of halogens is 34. The molecule has 2 nitrogen and oxygen atoms in total. The summed E-state index contributed by atoms with van der Waals surface area (Å²) in [5.74, 6) is -129. The number of hydrogen-bond acceptors (Lipinski definition) is 2. The Morgan fingerprint density at radius 1 is 0.236 bits per heavy atom. The first-order valence-electron chi connectivity index (χ1n) is 17.6. The van der Waals surface area contributed by atoms with E-state index in [0.717, 1.165) is 36.4 Å². The molecule has 4 aromatic carbocycles. The standard InChI is InChI=1S/C36H10F34N2/c37-21(38,23(41,42)25(45,46)27(49,50)29(53,54)31(57,58)33(61,62)35(65,66)67)15-9-17-18(72-20-14-8-4-2-6-12(14)11-5-1-3-7-13(11)19(20)71-17)10-16(15)22(39,40)24(43,44)26(47,48)28(51,52)30(55,56)32(59,60)34(63,64)36(68,69)70/h1-10H. The van der Waals surface area contributed by atoms with Crippen molar-refractivity contribution in [3.8, 4) is 0 Å². The van der Waals surface area contributed by atoms with Gasteiger partial charge in [-0.3, -0.25) is 0 Å². The van der Waals surface area contributed by atoms with Crippen molar-refractivity contribution in [2.45, 2.75) is 95.3 Å². The molecule has 0 spiro atoms. The molecule has 402 valence electrons. The average molecular weight is 1120 g/mol. The van der Waals surface area contributed by atoms with E-state index < -0.39 is 151 Å². The topological polar surface area (TPSA) is 25.8 Å². The van der Waals surface area contributed by atoms with Crippen molar-refractivity contribution in [1.82, 2.24) is 9.97 Å². The number of alkyl halides is 34. The predicted octanol–water partition coefficient (Wildman–Crippen LogP) is 16.0. The normalized spacial score (nSPS) is 15.9. The van der Waals surface area contributed by atoms with Crippen LogP contribution in [0, 0.1) is 0 Å². The van der Waals surface area contributed by atoms with Crippen LogP contribution in [0.1, 0.15) is 11.1 Å². The zero-order valence-corrected chi connectivity index (χ0v) is 32.5. The largest absolute Gasteiger partial charge is 0.460 e. The molecule has 1 heterocycles. The molecule has 72 heavy (non-hydrogen) atoms. The highest BCUT2D eigenvalue weighted by molar-refractivity contribution is 6.23. The molecular weight excluding hydrogens is 1110 g/mol. The summed E-state index contributed by atoms with van der Waals surface area (Å²) in [7, 11) is 0. The van der Waals surface area contributed by atoms with E-state index in [4.69, 9.17) is 0 Å². The Kier molecular flexibility index (Phi) is 12.4. The fraction of sp³-hybridized carbons (Fsp3) is 0.444. The SMILES string of the molecule is FC(F)(F)C(F)(F)C(F)(F)C(F)(F)C(F)(F)C(F)(F)C(F)(F)C(F)(F)c1cc2nc3c4ccccc4c4ccccc4c3nc2cc1C(F)(F)C(F)(F)C(F)(F)C(F)(F)C(F)(F)C(F)(F)C(F)(F)C(F)(F)F. The third-order valence-electron chi connectivity index (χ3n) is 10.6. The molecule has 0 fully saturated rings. The molecule has 5 rings (SSSR count). The van der Waals surface area contributed by atoms with Gasteiger partial charge in [-0.1, -0.05) is 48.5 Å². The van der Waals surface area contributed by atoms with Gasteiger partial charge in [0.15, 0.2) is 0 Å². The van der Waals surface area contributed by atoms with E-state index in [-0.39, 0.29) is 10.8 Å². The van der Waals surface area contributed by atoms with Crippen molar-refractivity contribution in [1.29, 1.82) is 0 Å². The molecule has 5 aromatic rings. The van der Waals surface area contributed by atoms with Crippen molar-refractivity contribution in [3.63, 3.8) is 0 Å². The van der Waals surface area contributed by atoms with Gasteiger partial charge in [0.05, 0.1) is 22.1 Å². The molecule has 0 saturated heterocycles. The maximum absolute atomic E-state index is 16.0. The van der Waals surface area contributed by atoms with Gasteiger partial charge in [-0.15, -0.1) is 0 Å². The highest BCUT2D eigenvalue weighted by atomic mass is 19.4. The fourth-order valence-corrected chi connectivity index (χ4v) is 6.51. The lowest BCUT2D eigenvalue weighted by atomic mass is 9.82. The van der Waals surface area contributed by atoms with Gasteiger partial charge in [0.1, 0.15) is 0 Å². The molecule has 0 aliphatic heterocycles. The first kappa shape index (κ1) is 57.5. The van der Waals surface area contributed by atoms with Crippen LogP contribution in [0.15, 0.2) is 60.7 Å². The molecule has 0 aliphatic rings. The number of rotatable bonds is 14. The van der Waals surface area contributed by atoms with Gasteiger partial charge in [-0.05, 0) is 22.9 Å². The summed E-state index contributed by atoms with van der Waals surface area (Å²) in [6, 6.07) is 5.35. The van der Waals surface area contributed by atoms with Crippen LogP contribution in [0.4, 0.5) is 149 Å². The third-order valence-corrected chi connectivity index (χ3v) is 10.6. The van der Waals surface area contributed by atoms with Gasteiger partial charge < -0.3 is 0 Å². The van der Waals surface area contributed by atoms with E-state index in [9.17, 15) is 114 Å². The number of benzene rings is 4. The summed E-state index contributed by atoms with van der Waals surface area (Å²) in [5, 5.41) is -0.964. The maximum atomic E-state index is 16.0. The molecule has 0 N–H and O–H groups in total. The van der Waals surface area contributed by atoms with Crippen molar-refractivity contribution >= 4 is 43.6 Å². The Hall–Kier alpha value is -5.38. The molecule has 0 bridgehead atoms. The van der Waals surface area contributed by atoms with Gasteiger partial charge >= 0.3 is 95.3 Å². The molecule has 1 aromatic heterocycles. The monoisotopic (exact) mass is 1120 g/mol. The van der Waals surface area contributed by atoms with Crippen LogP contribution in [0.5, 0.6) is 0 Å². The van der Waals surface area contributed by atoms with Crippen LogP contribution >= 0.6 is 0 Å². The van der Waals surface area contributed by atoms with Crippen molar-refractivity contribution in [2.24, 2.45) is 0 Å². The summed E-state index contributed by atoms with van der Waals surface area (Å²) in [6.07, 6.45) is -16.6. The van der Waals surface area contributed by atoms with Crippen LogP contribution in [0.2, 0.25) is 0 Å². The third kappa shape index (κ3) is 6.91. The summed E-state index contributed by atoms with van der Waals surface area (Å²) < 4.78 is 485. The van der Waals surface area contributed by atoms with E-state index in [1.165, 1.54) is 12.1 Å². The lowest BCUT2D eigenvalue weighted by molar-refractivity contribution is -0.464. The Bertz CT molecular complexity index is 2730. The van der Waals surface area contributed by atoms with E-state index >= 15 is 35.1 Å². The van der Waals surface area contributed by atoms with E-state index in [1.54, 1.807) is 0 Å². The predicted molar refractivity (Wildman–Crippen MR) is 171 cm³/mol. The number of aromatic nitrogens is 2. The Balaban J connectivity index is 1.92. The minimum atomic E-state index is -9.60. The van der Waals surface area contributed by atoms with E-state index in [1.807, 2.05) is 0 Å². The number of fused-ring (bicyclic) bond motifs is 7. The number of hydrogen-bond donors (Lipinski definition) is 0. The second-order valence-electron chi connectivity index (χ2n) is 14.9. The first-order valence-corrected chi connectivity index (χ1v) is 17.6. The lowest BCUT2D eigenvalue weighted by Crippen LogP contribution is -2.74. The lowest BCUT2D eigenvalue weighted by Gasteiger charge is -2.44. The Morgan fingerprint density at radius 3 is 0.653 bits per heavy atom. The average Bonchev–Trinajstić information content (AvgIpc) is 3.23. The molecule has 0 radical (unpaired) electrons. The maximum Gasteiger partial charge on any atom is 0.460 e. The van der Waals surface area contributed by atoms with Gasteiger partial charge in [0.25, 0.3) is 0 Å². The molecule has 0 amide bonds. The zero-order valence-electron chi connectivity index (χ0n) is 32.5. The van der Waals surface area contributed by atoms with Crippen LogP contribution < -0.4 is 0 Å². The molecule has 0 unspecified atom stereocenters. The summed E-state index contributed by atoms with van der Waals surface area (Å²) in [4.78, 5) is 6.78. The van der Waals surface area contributed by atoms with Gasteiger partial charge in [0, 0.05) is 21.9 Å². The van der Waals surface area contributed by atoms with Crippen LogP contribution in [0.3, 0.4) is 0 Å². The quantitative estimate of drug-likeness (QED) is 0.0629. The molecule has 0 aliphatic carbocycles. The van der Waals surface area contributed by atoms with Gasteiger partial charge in [-0.25, -0.2) is 9.97 Å². The second kappa shape index (κ2) is 15.6. The number of nitrogens with zero attached hydrogens (tertiary/aromatic N) is 2. The van der Waals surface area contributed by atoms with Crippen molar-refractivity contribution in [3.05, 3.63) is 71.8 Å². The molecular formula is C36H10F34N2. The van der Waals surface area contributed by atoms with Crippen LogP contribution in [-0.4, -0.2) is 93.4 Å². The Labute approximate surface area is 370 Å². The van der Waals surface area contributed by atoms with Crippen molar-refractivity contribution in [2.75, 3.05) is 0 Å². The zero-order chi connectivity index (χ0) is 56.3. The minimum absolute atomic E-state index is 0.0802. The van der Waals surface area contributed by atoms with Crippen LogP contribution in [0.25, 0.3) is 43.6 Å². The minimum Gasteiger partial charge on any atom is -0.244 e. The molecule has 0 saturated carbocycles. The summed E-state index contributed by atoms with van der Waals surface area (Å²) in [6.45, 7) is 0. The summed E-state index contributed by atoms with van der Waals surface area (Å²) >= 11 is 0. The van der Waals surface area contributed by atoms with Gasteiger partial charge in [0.2, 0.25) is 0 Å². The highest BCUT2D eigenvalue weighted by Crippen LogP contribution is 2.69. The molecule has 36 heteroatoms. The van der Waals surface area contributed by atoms with Gasteiger partial charge in [-0.2, -0.15) is 149 Å². The first-order chi connectivity index (χ1) is 31.6. The Morgan fingerprint density at radius 2 is 0.431 bits per heavy atom. The van der Waals surface area contributed by atoms with Crippen molar-refractivity contribution < 1.29 is 149 Å². The molecule has 0 atom stereocenters. The van der Waals surface area contributed by atoms with E-state index in [0.29, 0.717) is 0 Å². The smallest absolute Gasteiger partial charge is 0.244 e. The van der Waals surface area contributed by atoms with E-state index in [2.05, 4.69) is 9.97 Å². The second-order valence-corrected chi connectivity index (χ2v) is 14.9. The fourth-order valence-electron chi connectivity index (χ4n) is 6.51. The van der Waals surface area contributed by atoms with Crippen LogP contribution in [-0.2, 0) is 11.8 Å². The summed E-state index contributed by atoms with van der Waals surface area (Å²) in [5.41, 5.74) is -15.4. The highest BCUT2D eigenvalue weighted by Gasteiger charge is 2.97.